The Hall–Kier alpha value is -0.650. The summed E-state index contributed by atoms with van der Waals surface area (Å²) in [6, 6.07) is 0.840. The summed E-state index contributed by atoms with van der Waals surface area (Å²) in [5.41, 5.74) is -0.0958. The van der Waals surface area contributed by atoms with Gasteiger partial charge in [-0.1, -0.05) is 0 Å². The zero-order valence-corrected chi connectivity index (χ0v) is 10.2. The van der Waals surface area contributed by atoms with Crippen molar-refractivity contribution in [2.45, 2.75) is 30.8 Å². The van der Waals surface area contributed by atoms with Crippen LogP contribution in [0.15, 0.2) is 0 Å². The van der Waals surface area contributed by atoms with E-state index in [-0.39, 0.29) is 12.0 Å². The van der Waals surface area contributed by atoms with Gasteiger partial charge in [-0.05, 0) is 12.8 Å². The predicted molar refractivity (Wildman–Crippen MR) is 64.0 cm³/mol. The Bertz CT molecular complexity index is 305. The Balaban J connectivity index is 1.58. The third-order valence-corrected chi connectivity index (χ3v) is 4.44. The fourth-order valence-electron chi connectivity index (χ4n) is 3.16. The number of nitrogens with one attached hydrogen (secondary N) is 1. The molecule has 17 heavy (non-hydrogen) atoms. The minimum Gasteiger partial charge on any atom is -0.481 e. The molecule has 0 aromatic carbocycles. The number of rotatable bonds is 4. The number of nitrogens with zero attached hydrogens (tertiary/aromatic N) is 2. The second kappa shape index (κ2) is 4.23. The van der Waals surface area contributed by atoms with Crippen molar-refractivity contribution in [3.63, 3.8) is 0 Å². The minimum atomic E-state index is -0.670. The maximum Gasteiger partial charge on any atom is 0.305 e. The van der Waals surface area contributed by atoms with E-state index in [1.165, 1.54) is 12.8 Å². The first kappa shape index (κ1) is 11.4. The molecule has 0 aromatic heterocycles. The number of carbonyl (C=O) groups is 1. The molecule has 0 unspecified atom stereocenters. The lowest BCUT2D eigenvalue weighted by molar-refractivity contribution is -0.142. The summed E-state index contributed by atoms with van der Waals surface area (Å²) in [4.78, 5) is 15.9. The summed E-state index contributed by atoms with van der Waals surface area (Å²) in [5, 5.41) is 12.3. The molecule has 1 saturated carbocycles. The van der Waals surface area contributed by atoms with Crippen LogP contribution in [0.1, 0.15) is 19.3 Å². The Morgan fingerprint density at radius 2 is 1.88 bits per heavy atom. The Morgan fingerprint density at radius 1 is 1.24 bits per heavy atom. The van der Waals surface area contributed by atoms with E-state index in [9.17, 15) is 4.79 Å². The molecule has 96 valence electrons. The lowest BCUT2D eigenvalue weighted by Crippen LogP contribution is -2.72. The Kier molecular flexibility index (Phi) is 2.84. The highest BCUT2D eigenvalue weighted by atomic mass is 16.4. The van der Waals surface area contributed by atoms with E-state index < -0.39 is 5.97 Å². The molecule has 0 aromatic rings. The van der Waals surface area contributed by atoms with Gasteiger partial charge in [0.15, 0.2) is 0 Å². The van der Waals surface area contributed by atoms with Crippen molar-refractivity contribution in [2.75, 3.05) is 39.3 Å². The van der Waals surface area contributed by atoms with Crippen LogP contribution in [-0.4, -0.2) is 71.7 Å². The van der Waals surface area contributed by atoms with E-state index in [1.54, 1.807) is 0 Å². The number of hydrogen-bond acceptors (Lipinski definition) is 4. The summed E-state index contributed by atoms with van der Waals surface area (Å²) in [6.07, 6.45) is 3.01. The van der Waals surface area contributed by atoms with Gasteiger partial charge in [-0.25, -0.2) is 0 Å². The zero-order chi connectivity index (χ0) is 11.9. The van der Waals surface area contributed by atoms with Crippen LogP contribution >= 0.6 is 0 Å². The molecule has 5 nitrogen and oxygen atoms in total. The van der Waals surface area contributed by atoms with Crippen molar-refractivity contribution in [1.82, 2.24) is 15.1 Å². The van der Waals surface area contributed by atoms with Crippen LogP contribution in [0, 0.1) is 0 Å². The maximum absolute atomic E-state index is 11.0. The molecule has 3 fully saturated rings. The second-order valence-electron chi connectivity index (χ2n) is 5.65. The van der Waals surface area contributed by atoms with Gasteiger partial charge in [-0.2, -0.15) is 0 Å². The van der Waals surface area contributed by atoms with E-state index in [4.69, 9.17) is 5.11 Å². The molecule has 3 aliphatic rings. The van der Waals surface area contributed by atoms with Crippen molar-refractivity contribution in [3.05, 3.63) is 0 Å². The second-order valence-corrected chi connectivity index (χ2v) is 5.65. The molecule has 0 bridgehead atoms. The number of carboxylic acids is 1. The van der Waals surface area contributed by atoms with Crippen LogP contribution in [-0.2, 0) is 4.79 Å². The summed E-state index contributed by atoms with van der Waals surface area (Å²) in [6.45, 7) is 5.97. The molecule has 2 N–H and O–H groups in total. The molecule has 3 rings (SSSR count). The van der Waals surface area contributed by atoms with Gasteiger partial charge in [0.05, 0.1) is 12.0 Å². The van der Waals surface area contributed by atoms with Crippen LogP contribution in [0.4, 0.5) is 0 Å². The van der Waals surface area contributed by atoms with E-state index in [1.807, 2.05) is 0 Å². The molecule has 2 aliphatic heterocycles. The maximum atomic E-state index is 11.0. The van der Waals surface area contributed by atoms with Crippen molar-refractivity contribution in [1.29, 1.82) is 0 Å². The van der Waals surface area contributed by atoms with Gasteiger partial charge in [0.1, 0.15) is 0 Å². The average molecular weight is 239 g/mol. The topological polar surface area (TPSA) is 55.8 Å². The molecule has 0 amide bonds. The van der Waals surface area contributed by atoms with Gasteiger partial charge in [0, 0.05) is 45.3 Å². The van der Waals surface area contributed by atoms with Crippen molar-refractivity contribution < 1.29 is 9.90 Å². The first-order valence-corrected chi connectivity index (χ1v) is 6.61. The van der Waals surface area contributed by atoms with Crippen molar-refractivity contribution in [3.8, 4) is 0 Å². The van der Waals surface area contributed by atoms with Crippen LogP contribution in [0.2, 0.25) is 0 Å². The lowest BCUT2D eigenvalue weighted by atomic mass is 9.86. The van der Waals surface area contributed by atoms with Crippen LogP contribution in [0.25, 0.3) is 0 Å². The number of hydrogen-bond donors (Lipinski definition) is 2. The monoisotopic (exact) mass is 239 g/mol. The normalized spacial score (nSPS) is 29.9. The molecular weight excluding hydrogens is 218 g/mol. The molecule has 5 heteroatoms. The highest BCUT2D eigenvalue weighted by Gasteiger charge is 2.45. The molecule has 1 aliphatic carbocycles. The van der Waals surface area contributed by atoms with E-state index >= 15 is 0 Å². The largest absolute Gasteiger partial charge is 0.481 e. The van der Waals surface area contributed by atoms with Gasteiger partial charge in [-0.3, -0.25) is 14.6 Å². The third-order valence-electron chi connectivity index (χ3n) is 4.44. The van der Waals surface area contributed by atoms with Crippen LogP contribution < -0.4 is 5.32 Å². The smallest absolute Gasteiger partial charge is 0.305 e. The number of piperazine rings is 1. The summed E-state index contributed by atoms with van der Waals surface area (Å²) >= 11 is 0. The van der Waals surface area contributed by atoms with E-state index in [0.717, 1.165) is 45.3 Å². The van der Waals surface area contributed by atoms with Gasteiger partial charge in [0.25, 0.3) is 0 Å². The average Bonchev–Trinajstić information content (AvgIpc) is 3.07. The van der Waals surface area contributed by atoms with Crippen LogP contribution in [0.5, 0.6) is 0 Å². The number of aliphatic carboxylic acids is 1. The predicted octanol–water partition coefficient (Wildman–Crippen LogP) is -0.417. The zero-order valence-electron chi connectivity index (χ0n) is 10.2. The fourth-order valence-corrected chi connectivity index (χ4v) is 3.16. The molecule has 2 heterocycles. The van der Waals surface area contributed by atoms with E-state index in [0.29, 0.717) is 0 Å². The van der Waals surface area contributed by atoms with E-state index in [2.05, 4.69) is 15.1 Å². The molecule has 0 radical (unpaired) electrons. The Morgan fingerprint density at radius 3 is 2.29 bits per heavy atom. The minimum absolute atomic E-state index is 0.0958. The Labute approximate surface area is 102 Å². The molecule has 2 saturated heterocycles. The summed E-state index contributed by atoms with van der Waals surface area (Å²) in [5.74, 6) is -0.670. The highest BCUT2D eigenvalue weighted by Crippen LogP contribution is 2.31. The van der Waals surface area contributed by atoms with Crippen molar-refractivity contribution >= 4 is 5.97 Å². The fraction of sp³-hybridized carbons (Fsp3) is 0.917. The third kappa shape index (κ3) is 2.19. The summed E-state index contributed by atoms with van der Waals surface area (Å²) in [7, 11) is 0. The first-order chi connectivity index (χ1) is 8.20. The van der Waals surface area contributed by atoms with Crippen molar-refractivity contribution in [2.24, 2.45) is 0 Å². The lowest BCUT2D eigenvalue weighted by Gasteiger charge is -2.52. The highest BCUT2D eigenvalue weighted by molar-refractivity contribution is 5.68. The SMILES string of the molecule is O=C(O)CC1(N2CCN(C3CC3)CC2)CNC1. The molecule has 0 atom stereocenters. The van der Waals surface area contributed by atoms with Gasteiger partial charge >= 0.3 is 5.97 Å². The first-order valence-electron chi connectivity index (χ1n) is 6.61. The quantitative estimate of drug-likeness (QED) is 0.698. The van der Waals surface area contributed by atoms with Gasteiger partial charge < -0.3 is 10.4 Å². The standard InChI is InChI=1S/C12H21N3O2/c16-11(17)7-12(8-13-9-12)15-5-3-14(4-6-15)10-1-2-10/h10,13H,1-9H2,(H,16,17). The summed E-state index contributed by atoms with van der Waals surface area (Å²) < 4.78 is 0. The van der Waals surface area contributed by atoms with Gasteiger partial charge in [0.2, 0.25) is 0 Å². The van der Waals surface area contributed by atoms with Crippen LogP contribution in [0.3, 0.4) is 0 Å². The molecule has 0 spiro atoms. The van der Waals surface area contributed by atoms with Gasteiger partial charge in [-0.15, -0.1) is 0 Å². The molecular formula is C12H21N3O2. The number of carboxylic acid groups (broad SMARTS) is 1.